The van der Waals surface area contributed by atoms with Gasteiger partial charge in [-0.1, -0.05) is 24.6 Å². The summed E-state index contributed by atoms with van der Waals surface area (Å²) in [6, 6.07) is 7.04. The van der Waals surface area contributed by atoms with E-state index in [-0.39, 0.29) is 6.04 Å². The molecule has 2 N–H and O–H groups in total. The van der Waals surface area contributed by atoms with Gasteiger partial charge in [-0.25, -0.2) is 0 Å². The molecule has 21 heavy (non-hydrogen) atoms. The maximum absolute atomic E-state index is 6.17. The summed E-state index contributed by atoms with van der Waals surface area (Å²) in [5.41, 5.74) is 10.2. The highest BCUT2D eigenvalue weighted by molar-refractivity contribution is 5.54. The van der Waals surface area contributed by atoms with Crippen LogP contribution in [0.4, 0.5) is 5.69 Å². The van der Waals surface area contributed by atoms with Crippen LogP contribution in [0, 0.1) is 6.92 Å². The smallest absolute Gasteiger partial charge is 0.0397 e. The molecule has 1 heterocycles. The monoisotopic (exact) mass is 289 g/mol. The van der Waals surface area contributed by atoms with Gasteiger partial charge >= 0.3 is 0 Å². The van der Waals surface area contributed by atoms with Gasteiger partial charge < -0.3 is 15.5 Å². The number of benzene rings is 1. The average molecular weight is 289 g/mol. The summed E-state index contributed by atoms with van der Waals surface area (Å²) in [6.07, 6.45) is 4.74. The number of hydrogen-bond donors (Lipinski definition) is 1. The van der Waals surface area contributed by atoms with E-state index in [1.54, 1.807) is 0 Å². The van der Waals surface area contributed by atoms with Crippen LogP contribution < -0.4 is 10.6 Å². The van der Waals surface area contributed by atoms with Gasteiger partial charge in [0.25, 0.3) is 0 Å². The second kappa shape index (κ2) is 7.81. The van der Waals surface area contributed by atoms with Crippen molar-refractivity contribution < 1.29 is 0 Å². The largest absolute Gasteiger partial charge is 0.373 e. The van der Waals surface area contributed by atoms with Crippen molar-refractivity contribution in [2.24, 2.45) is 5.73 Å². The Morgan fingerprint density at radius 2 is 2.00 bits per heavy atom. The first-order valence-electron chi connectivity index (χ1n) is 8.38. The van der Waals surface area contributed by atoms with Crippen molar-refractivity contribution >= 4 is 5.69 Å². The molecule has 1 fully saturated rings. The highest BCUT2D eigenvalue weighted by Crippen LogP contribution is 2.23. The van der Waals surface area contributed by atoms with Crippen molar-refractivity contribution in [3.63, 3.8) is 0 Å². The lowest BCUT2D eigenvalue weighted by Crippen LogP contribution is -2.32. The van der Waals surface area contributed by atoms with Crippen LogP contribution in [0.3, 0.4) is 0 Å². The zero-order valence-electron chi connectivity index (χ0n) is 13.9. The number of hydrogen-bond acceptors (Lipinski definition) is 3. The molecule has 0 amide bonds. The minimum Gasteiger partial charge on any atom is -0.373 e. The second-order valence-electron chi connectivity index (χ2n) is 6.47. The van der Waals surface area contributed by atoms with E-state index in [0.717, 1.165) is 19.4 Å². The number of aryl methyl sites for hydroxylation is 1. The standard InChI is InChI=1S/C18H31N3/c1-4-17(19)14-16-13-15(2)7-8-18(16)20(3)11-12-21-9-5-6-10-21/h7-8,13,17H,4-6,9-12,14,19H2,1-3H3. The number of rotatable bonds is 7. The lowest BCUT2D eigenvalue weighted by molar-refractivity contribution is 0.346. The zero-order chi connectivity index (χ0) is 15.2. The molecule has 1 saturated heterocycles. The maximum atomic E-state index is 6.17. The van der Waals surface area contributed by atoms with E-state index in [2.05, 4.69) is 48.9 Å². The Kier molecular flexibility index (Phi) is 6.07. The summed E-state index contributed by atoms with van der Waals surface area (Å²) >= 11 is 0. The van der Waals surface area contributed by atoms with Gasteiger partial charge in [-0.15, -0.1) is 0 Å². The lowest BCUT2D eigenvalue weighted by Gasteiger charge is -2.26. The van der Waals surface area contributed by atoms with Gasteiger partial charge in [-0.3, -0.25) is 0 Å². The number of nitrogens with zero attached hydrogens (tertiary/aromatic N) is 2. The van der Waals surface area contributed by atoms with Crippen molar-refractivity contribution in [3.8, 4) is 0 Å². The van der Waals surface area contributed by atoms with Crippen molar-refractivity contribution in [1.29, 1.82) is 0 Å². The molecule has 0 radical (unpaired) electrons. The van der Waals surface area contributed by atoms with Crippen LogP contribution in [0.2, 0.25) is 0 Å². The number of anilines is 1. The van der Waals surface area contributed by atoms with Crippen molar-refractivity contribution in [2.45, 2.75) is 45.6 Å². The van der Waals surface area contributed by atoms with E-state index < -0.39 is 0 Å². The molecule has 0 bridgehead atoms. The van der Waals surface area contributed by atoms with Crippen LogP contribution in [-0.2, 0) is 6.42 Å². The van der Waals surface area contributed by atoms with E-state index in [4.69, 9.17) is 5.73 Å². The Balaban J connectivity index is 2.02. The Labute approximate surface area is 130 Å². The highest BCUT2D eigenvalue weighted by atomic mass is 15.2. The molecule has 1 atom stereocenters. The summed E-state index contributed by atoms with van der Waals surface area (Å²) in [5, 5.41) is 0. The highest BCUT2D eigenvalue weighted by Gasteiger charge is 2.14. The van der Waals surface area contributed by atoms with Gasteiger partial charge in [0.1, 0.15) is 0 Å². The lowest BCUT2D eigenvalue weighted by atomic mass is 10.00. The van der Waals surface area contributed by atoms with Crippen LogP contribution in [0.15, 0.2) is 18.2 Å². The summed E-state index contributed by atoms with van der Waals surface area (Å²) in [5.74, 6) is 0. The molecule has 1 aromatic rings. The van der Waals surface area contributed by atoms with Crippen molar-refractivity contribution in [1.82, 2.24) is 4.90 Å². The maximum Gasteiger partial charge on any atom is 0.0397 e. The van der Waals surface area contributed by atoms with Crippen LogP contribution in [0.25, 0.3) is 0 Å². The average Bonchev–Trinajstić information content (AvgIpc) is 2.98. The molecule has 0 saturated carbocycles. The summed E-state index contributed by atoms with van der Waals surface area (Å²) in [4.78, 5) is 4.97. The SMILES string of the molecule is CCC(N)Cc1cc(C)ccc1N(C)CCN1CCCC1. The van der Waals surface area contributed by atoms with Crippen molar-refractivity contribution in [2.75, 3.05) is 38.1 Å². The first kappa shape index (κ1) is 16.3. The first-order chi connectivity index (χ1) is 10.1. The topological polar surface area (TPSA) is 32.5 Å². The van der Waals surface area contributed by atoms with Crippen LogP contribution in [0.5, 0.6) is 0 Å². The third-order valence-corrected chi connectivity index (χ3v) is 4.60. The van der Waals surface area contributed by atoms with E-state index in [1.807, 2.05) is 0 Å². The predicted octanol–water partition coefficient (Wildman–Crippen LogP) is 2.81. The molecular formula is C18H31N3. The number of likely N-dealkylation sites (N-methyl/N-ethyl adjacent to an activating group) is 1. The van der Waals surface area contributed by atoms with E-state index in [1.165, 1.54) is 49.3 Å². The van der Waals surface area contributed by atoms with Crippen LogP contribution in [0.1, 0.15) is 37.3 Å². The van der Waals surface area contributed by atoms with E-state index in [9.17, 15) is 0 Å². The third-order valence-electron chi connectivity index (χ3n) is 4.60. The van der Waals surface area contributed by atoms with Crippen molar-refractivity contribution in [3.05, 3.63) is 29.3 Å². The summed E-state index contributed by atoms with van der Waals surface area (Å²) in [7, 11) is 2.21. The predicted molar refractivity (Wildman–Crippen MR) is 92.1 cm³/mol. The molecule has 3 nitrogen and oxygen atoms in total. The molecular weight excluding hydrogens is 258 g/mol. The molecule has 1 unspecified atom stereocenters. The van der Waals surface area contributed by atoms with Gasteiger partial charge in [0.2, 0.25) is 0 Å². The number of nitrogens with two attached hydrogens (primary N) is 1. The Morgan fingerprint density at radius 3 is 2.67 bits per heavy atom. The molecule has 1 aromatic carbocycles. The second-order valence-corrected chi connectivity index (χ2v) is 6.47. The van der Waals surface area contributed by atoms with Gasteiger partial charge in [-0.05, 0) is 57.3 Å². The van der Waals surface area contributed by atoms with Gasteiger partial charge in [0, 0.05) is 31.9 Å². The Morgan fingerprint density at radius 1 is 1.29 bits per heavy atom. The Bertz CT molecular complexity index is 438. The molecule has 0 spiro atoms. The first-order valence-corrected chi connectivity index (χ1v) is 8.38. The molecule has 1 aliphatic heterocycles. The van der Waals surface area contributed by atoms with Gasteiger partial charge in [0.05, 0.1) is 0 Å². The minimum absolute atomic E-state index is 0.262. The summed E-state index contributed by atoms with van der Waals surface area (Å²) in [6.45, 7) is 9.14. The van der Waals surface area contributed by atoms with E-state index >= 15 is 0 Å². The molecule has 2 rings (SSSR count). The fourth-order valence-electron chi connectivity index (χ4n) is 3.10. The van der Waals surface area contributed by atoms with Gasteiger partial charge in [-0.2, -0.15) is 0 Å². The zero-order valence-corrected chi connectivity index (χ0v) is 13.9. The van der Waals surface area contributed by atoms with Crippen LogP contribution >= 0.6 is 0 Å². The minimum atomic E-state index is 0.262. The molecule has 0 aliphatic carbocycles. The molecule has 118 valence electrons. The van der Waals surface area contributed by atoms with Gasteiger partial charge in [0.15, 0.2) is 0 Å². The Hall–Kier alpha value is -1.06. The third kappa shape index (κ3) is 4.72. The fraction of sp³-hybridized carbons (Fsp3) is 0.667. The normalized spacial score (nSPS) is 17.1. The van der Waals surface area contributed by atoms with E-state index in [0.29, 0.717) is 0 Å². The van der Waals surface area contributed by atoms with Crippen LogP contribution in [-0.4, -0.2) is 44.2 Å². The summed E-state index contributed by atoms with van der Waals surface area (Å²) < 4.78 is 0. The molecule has 0 aromatic heterocycles. The molecule has 1 aliphatic rings. The fourth-order valence-corrected chi connectivity index (χ4v) is 3.10. The number of likely N-dealkylation sites (tertiary alicyclic amines) is 1. The molecule has 3 heteroatoms. The quantitative estimate of drug-likeness (QED) is 0.838.